The minimum atomic E-state index is -0.292. The van der Waals surface area contributed by atoms with Gasteiger partial charge in [0.2, 0.25) is 0 Å². The molecule has 3 rings (SSSR count). The van der Waals surface area contributed by atoms with Crippen LogP contribution >= 0.6 is 0 Å². The second-order valence-corrected chi connectivity index (χ2v) is 6.31. The van der Waals surface area contributed by atoms with Crippen LogP contribution in [0.25, 0.3) is 0 Å². The van der Waals surface area contributed by atoms with Crippen molar-refractivity contribution in [3.05, 3.63) is 71.0 Å². The molecule has 3 atom stereocenters. The number of Topliss-reactive ketones (excluding diaryl/α,β-unsaturated/α-hetero) is 2. The number of benzene rings is 2. The first-order valence-corrected chi connectivity index (χ1v) is 7.83. The highest BCUT2D eigenvalue weighted by atomic mass is 19.1. The van der Waals surface area contributed by atoms with E-state index in [0.717, 1.165) is 16.7 Å². The summed E-state index contributed by atoms with van der Waals surface area (Å²) >= 11 is 0. The van der Waals surface area contributed by atoms with Crippen LogP contribution in [0.1, 0.15) is 48.8 Å². The molecule has 0 fully saturated rings. The van der Waals surface area contributed by atoms with Crippen molar-refractivity contribution >= 4 is 11.6 Å². The van der Waals surface area contributed by atoms with Crippen LogP contribution < -0.4 is 0 Å². The van der Waals surface area contributed by atoms with E-state index < -0.39 is 0 Å². The van der Waals surface area contributed by atoms with Crippen LogP contribution in [0.15, 0.2) is 48.5 Å². The van der Waals surface area contributed by atoms with Gasteiger partial charge < -0.3 is 4.79 Å². The van der Waals surface area contributed by atoms with Gasteiger partial charge in [-0.3, -0.25) is 4.79 Å². The Morgan fingerprint density at radius 2 is 1.57 bits per heavy atom. The Hall–Kier alpha value is -2.29. The Bertz CT molecular complexity index is 748. The van der Waals surface area contributed by atoms with Gasteiger partial charge >= 0.3 is 0 Å². The zero-order valence-corrected chi connectivity index (χ0v) is 13.3. The van der Waals surface area contributed by atoms with Crippen LogP contribution in [0.4, 0.5) is 4.39 Å². The molecule has 0 unspecified atom stereocenters. The van der Waals surface area contributed by atoms with Gasteiger partial charge in [-0.25, -0.2) is 4.39 Å². The first kappa shape index (κ1) is 15.6. The SMILES string of the molecule is CC(=O)C[C@H]1c2ccccc2[C@@H](c2ccc(F)cc2)[C@@H]1C(C)=O. The van der Waals surface area contributed by atoms with E-state index >= 15 is 0 Å². The van der Waals surface area contributed by atoms with E-state index in [9.17, 15) is 14.0 Å². The number of carbonyl (C=O) groups is 2. The Morgan fingerprint density at radius 3 is 2.13 bits per heavy atom. The van der Waals surface area contributed by atoms with Crippen molar-refractivity contribution < 1.29 is 14.0 Å². The van der Waals surface area contributed by atoms with E-state index in [0.29, 0.717) is 6.42 Å². The van der Waals surface area contributed by atoms with Gasteiger partial charge in [0.15, 0.2) is 0 Å². The first-order valence-electron chi connectivity index (χ1n) is 7.83. The summed E-state index contributed by atoms with van der Waals surface area (Å²) in [7, 11) is 0. The highest BCUT2D eigenvalue weighted by Gasteiger charge is 2.43. The average molecular weight is 310 g/mol. The van der Waals surface area contributed by atoms with E-state index in [-0.39, 0.29) is 35.1 Å². The van der Waals surface area contributed by atoms with Crippen molar-refractivity contribution in [3.8, 4) is 0 Å². The van der Waals surface area contributed by atoms with E-state index in [1.807, 2.05) is 24.3 Å². The standard InChI is InChI=1S/C20H19FO2/c1-12(22)11-18-16-5-3-4-6-17(16)20(19(18)13(2)23)14-7-9-15(21)10-8-14/h3-10,18-20H,11H2,1-2H3/t18-,19+,20+/m0/s1. The third-order valence-corrected chi connectivity index (χ3v) is 4.73. The van der Waals surface area contributed by atoms with Gasteiger partial charge in [0.25, 0.3) is 0 Å². The van der Waals surface area contributed by atoms with E-state index in [1.165, 1.54) is 12.1 Å². The van der Waals surface area contributed by atoms with Crippen molar-refractivity contribution in [1.82, 2.24) is 0 Å². The van der Waals surface area contributed by atoms with Gasteiger partial charge in [-0.05, 0) is 42.7 Å². The van der Waals surface area contributed by atoms with Crippen molar-refractivity contribution in [3.63, 3.8) is 0 Å². The zero-order valence-electron chi connectivity index (χ0n) is 13.3. The topological polar surface area (TPSA) is 34.1 Å². The lowest BCUT2D eigenvalue weighted by Gasteiger charge is -2.23. The summed E-state index contributed by atoms with van der Waals surface area (Å²) in [6.45, 7) is 3.14. The number of hydrogen-bond donors (Lipinski definition) is 0. The average Bonchev–Trinajstić information content (AvgIpc) is 2.82. The smallest absolute Gasteiger partial charge is 0.134 e. The molecule has 0 aliphatic heterocycles. The summed E-state index contributed by atoms with van der Waals surface area (Å²) in [5.41, 5.74) is 3.06. The summed E-state index contributed by atoms with van der Waals surface area (Å²) in [6.07, 6.45) is 0.360. The quantitative estimate of drug-likeness (QED) is 0.846. The number of rotatable bonds is 4. The Labute approximate surface area is 135 Å². The van der Waals surface area contributed by atoms with Crippen molar-refractivity contribution in [2.75, 3.05) is 0 Å². The van der Waals surface area contributed by atoms with Crippen molar-refractivity contribution in [2.24, 2.45) is 5.92 Å². The molecule has 2 aromatic rings. The molecule has 0 N–H and O–H groups in total. The lowest BCUT2D eigenvalue weighted by atomic mass is 9.78. The van der Waals surface area contributed by atoms with Gasteiger partial charge in [0, 0.05) is 24.2 Å². The molecule has 2 aromatic carbocycles. The third kappa shape index (κ3) is 2.83. The maximum atomic E-state index is 13.3. The Balaban J connectivity index is 2.14. The summed E-state index contributed by atoms with van der Waals surface area (Å²) in [5.74, 6) is -0.635. The summed E-state index contributed by atoms with van der Waals surface area (Å²) in [6, 6.07) is 14.2. The number of halogens is 1. The predicted octanol–water partition coefficient (Wildman–Crippen LogP) is 4.24. The molecule has 2 nitrogen and oxygen atoms in total. The Kier molecular flexibility index (Phi) is 4.12. The first-order chi connectivity index (χ1) is 11.0. The number of ketones is 2. The van der Waals surface area contributed by atoms with Gasteiger partial charge in [-0.2, -0.15) is 0 Å². The van der Waals surface area contributed by atoms with E-state index in [4.69, 9.17) is 0 Å². The summed E-state index contributed by atoms with van der Waals surface area (Å²) < 4.78 is 13.3. The Morgan fingerprint density at radius 1 is 0.957 bits per heavy atom. The molecule has 1 aliphatic rings. The highest BCUT2D eigenvalue weighted by molar-refractivity contribution is 5.85. The molecule has 118 valence electrons. The van der Waals surface area contributed by atoms with E-state index in [1.54, 1.807) is 26.0 Å². The lowest BCUT2D eigenvalue weighted by Crippen LogP contribution is -2.22. The molecule has 0 spiro atoms. The maximum absolute atomic E-state index is 13.3. The second-order valence-electron chi connectivity index (χ2n) is 6.31. The van der Waals surface area contributed by atoms with Gasteiger partial charge in [0.1, 0.15) is 17.4 Å². The summed E-state index contributed by atoms with van der Waals surface area (Å²) in [4.78, 5) is 24.1. The van der Waals surface area contributed by atoms with Crippen molar-refractivity contribution in [2.45, 2.75) is 32.1 Å². The van der Waals surface area contributed by atoms with Crippen LogP contribution in [-0.2, 0) is 9.59 Å². The fourth-order valence-electron chi connectivity index (χ4n) is 3.87. The summed E-state index contributed by atoms with van der Waals surface area (Å²) in [5, 5.41) is 0. The van der Waals surface area contributed by atoms with Crippen LogP contribution in [0.3, 0.4) is 0 Å². The number of fused-ring (bicyclic) bond motifs is 1. The number of carbonyl (C=O) groups excluding carboxylic acids is 2. The molecule has 1 aliphatic carbocycles. The highest BCUT2D eigenvalue weighted by Crippen LogP contribution is 2.51. The molecule has 0 saturated carbocycles. The van der Waals surface area contributed by atoms with Crippen LogP contribution in [0, 0.1) is 11.7 Å². The lowest BCUT2D eigenvalue weighted by molar-refractivity contribution is -0.122. The monoisotopic (exact) mass is 310 g/mol. The molecule has 3 heteroatoms. The molecule has 0 aromatic heterocycles. The number of hydrogen-bond acceptors (Lipinski definition) is 2. The van der Waals surface area contributed by atoms with Gasteiger partial charge in [-0.1, -0.05) is 36.4 Å². The second kappa shape index (κ2) is 6.07. The fraction of sp³-hybridized carbons (Fsp3) is 0.300. The molecular weight excluding hydrogens is 291 g/mol. The van der Waals surface area contributed by atoms with Gasteiger partial charge in [0.05, 0.1) is 0 Å². The van der Waals surface area contributed by atoms with Crippen LogP contribution in [0.5, 0.6) is 0 Å². The molecule has 23 heavy (non-hydrogen) atoms. The van der Waals surface area contributed by atoms with Crippen LogP contribution in [0.2, 0.25) is 0 Å². The maximum Gasteiger partial charge on any atom is 0.134 e. The normalized spacial score (nSPS) is 22.7. The fourth-order valence-corrected chi connectivity index (χ4v) is 3.87. The molecule has 0 heterocycles. The largest absolute Gasteiger partial charge is 0.300 e. The molecule has 0 amide bonds. The minimum Gasteiger partial charge on any atom is -0.300 e. The van der Waals surface area contributed by atoms with Crippen molar-refractivity contribution in [1.29, 1.82) is 0 Å². The van der Waals surface area contributed by atoms with Crippen LogP contribution in [-0.4, -0.2) is 11.6 Å². The van der Waals surface area contributed by atoms with E-state index in [2.05, 4.69) is 0 Å². The molecule has 0 saturated heterocycles. The third-order valence-electron chi connectivity index (χ3n) is 4.73. The van der Waals surface area contributed by atoms with Gasteiger partial charge in [-0.15, -0.1) is 0 Å². The molecule has 0 bridgehead atoms. The predicted molar refractivity (Wildman–Crippen MR) is 86.9 cm³/mol. The minimum absolute atomic E-state index is 0.0711. The molecular formula is C20H19FO2. The molecule has 0 radical (unpaired) electrons. The zero-order chi connectivity index (χ0) is 16.6.